The van der Waals surface area contributed by atoms with Crippen LogP contribution in [0.2, 0.25) is 0 Å². The summed E-state index contributed by atoms with van der Waals surface area (Å²) in [5.74, 6) is 4.42. The predicted octanol–water partition coefficient (Wildman–Crippen LogP) is 0.857. The molecule has 0 heterocycles. The minimum Gasteiger partial charge on any atom is -0.463 e. The number of carbonyl (C=O) groups is 1. The van der Waals surface area contributed by atoms with Crippen LogP contribution in [0.1, 0.15) is 39.0 Å². The molecule has 0 rings (SSSR count). The van der Waals surface area contributed by atoms with Crippen LogP contribution in [-0.4, -0.2) is 35.5 Å². The van der Waals surface area contributed by atoms with Crippen molar-refractivity contribution < 1.29 is 19.7 Å². The molecule has 92 valence electrons. The lowest BCUT2D eigenvalue weighted by Crippen LogP contribution is -2.21. The van der Waals surface area contributed by atoms with E-state index in [1.807, 2.05) is 6.92 Å². The molecule has 0 radical (unpaired) electrons. The van der Waals surface area contributed by atoms with Gasteiger partial charge in [0.05, 0.1) is 6.61 Å². The molecule has 1 unspecified atom stereocenters. The fourth-order valence-corrected chi connectivity index (χ4v) is 0.949. The highest BCUT2D eigenvalue weighted by Crippen LogP contribution is 1.94. The van der Waals surface area contributed by atoms with Crippen LogP contribution in [-0.2, 0) is 9.53 Å². The van der Waals surface area contributed by atoms with Crippen LogP contribution >= 0.6 is 0 Å². The third kappa shape index (κ3) is 8.27. The molecule has 0 aliphatic rings. The lowest BCUT2D eigenvalue weighted by molar-refractivity contribution is -0.150. The lowest BCUT2D eigenvalue weighted by atomic mass is 10.2. The summed E-state index contributed by atoms with van der Waals surface area (Å²) in [6.07, 6.45) is 2.41. The summed E-state index contributed by atoms with van der Waals surface area (Å²) in [7, 11) is 0. The Morgan fingerprint density at radius 1 is 1.38 bits per heavy atom. The van der Waals surface area contributed by atoms with Crippen LogP contribution in [0, 0.1) is 11.8 Å². The van der Waals surface area contributed by atoms with E-state index in [0.717, 1.165) is 19.3 Å². The maximum Gasteiger partial charge on any atom is 0.347 e. The largest absolute Gasteiger partial charge is 0.463 e. The normalized spacial score (nSPS) is 11.4. The Bertz CT molecular complexity index is 239. The van der Waals surface area contributed by atoms with Crippen molar-refractivity contribution in [3.63, 3.8) is 0 Å². The van der Waals surface area contributed by atoms with E-state index in [0.29, 0.717) is 19.4 Å². The van der Waals surface area contributed by atoms with Crippen molar-refractivity contribution in [2.75, 3.05) is 13.2 Å². The SMILES string of the molecule is CCCCOC(=O)C(O)C#CCCCCO. The number of unbranched alkanes of at least 4 members (excludes halogenated alkanes) is 3. The monoisotopic (exact) mass is 228 g/mol. The first kappa shape index (κ1) is 14.9. The highest BCUT2D eigenvalue weighted by atomic mass is 16.5. The molecular formula is C12H20O4. The van der Waals surface area contributed by atoms with Crippen molar-refractivity contribution in [3.05, 3.63) is 0 Å². The first-order chi connectivity index (χ1) is 7.72. The van der Waals surface area contributed by atoms with Crippen molar-refractivity contribution in [1.82, 2.24) is 0 Å². The molecule has 0 bridgehead atoms. The molecule has 0 spiro atoms. The van der Waals surface area contributed by atoms with Crippen LogP contribution in [0.5, 0.6) is 0 Å². The van der Waals surface area contributed by atoms with E-state index >= 15 is 0 Å². The molecule has 16 heavy (non-hydrogen) atoms. The number of hydrogen-bond acceptors (Lipinski definition) is 4. The van der Waals surface area contributed by atoms with Gasteiger partial charge in [0, 0.05) is 13.0 Å². The quantitative estimate of drug-likeness (QED) is 0.385. The summed E-state index contributed by atoms with van der Waals surface area (Å²) in [6.45, 7) is 2.47. The maximum absolute atomic E-state index is 11.1. The lowest BCUT2D eigenvalue weighted by Gasteiger charge is -2.04. The molecule has 0 aromatic heterocycles. The van der Waals surface area contributed by atoms with E-state index in [-0.39, 0.29) is 6.61 Å². The van der Waals surface area contributed by atoms with Gasteiger partial charge >= 0.3 is 5.97 Å². The molecule has 4 nitrogen and oxygen atoms in total. The molecule has 1 atom stereocenters. The average Bonchev–Trinajstić information content (AvgIpc) is 2.28. The number of aliphatic hydroxyl groups excluding tert-OH is 2. The zero-order chi connectivity index (χ0) is 12.2. The summed E-state index contributed by atoms with van der Waals surface area (Å²) in [4.78, 5) is 11.1. The molecule has 0 amide bonds. The van der Waals surface area contributed by atoms with Gasteiger partial charge in [-0.15, -0.1) is 0 Å². The van der Waals surface area contributed by atoms with Gasteiger partial charge in [-0.1, -0.05) is 25.2 Å². The van der Waals surface area contributed by atoms with Gasteiger partial charge in [0.1, 0.15) is 0 Å². The maximum atomic E-state index is 11.1. The summed E-state index contributed by atoms with van der Waals surface area (Å²) in [6, 6.07) is 0. The number of ether oxygens (including phenoxy) is 1. The van der Waals surface area contributed by atoms with Gasteiger partial charge in [-0.25, -0.2) is 4.79 Å². The van der Waals surface area contributed by atoms with E-state index < -0.39 is 12.1 Å². The fraction of sp³-hybridized carbons (Fsp3) is 0.750. The fourth-order valence-electron chi connectivity index (χ4n) is 0.949. The van der Waals surface area contributed by atoms with Gasteiger partial charge < -0.3 is 14.9 Å². The van der Waals surface area contributed by atoms with Crippen LogP contribution in [0.4, 0.5) is 0 Å². The molecule has 4 heteroatoms. The highest BCUT2D eigenvalue weighted by molar-refractivity contribution is 5.77. The van der Waals surface area contributed by atoms with Gasteiger partial charge in [0.15, 0.2) is 0 Å². The third-order valence-corrected chi connectivity index (χ3v) is 1.91. The Balaban J connectivity index is 3.68. The van der Waals surface area contributed by atoms with E-state index in [2.05, 4.69) is 11.8 Å². The number of aliphatic hydroxyl groups is 2. The Morgan fingerprint density at radius 3 is 2.75 bits per heavy atom. The molecule has 2 N–H and O–H groups in total. The molecule has 0 aliphatic heterocycles. The summed E-state index contributed by atoms with van der Waals surface area (Å²) in [5, 5.41) is 17.8. The van der Waals surface area contributed by atoms with E-state index in [9.17, 15) is 9.90 Å². The van der Waals surface area contributed by atoms with Crippen LogP contribution in [0.3, 0.4) is 0 Å². The van der Waals surface area contributed by atoms with Crippen LogP contribution in [0.25, 0.3) is 0 Å². The van der Waals surface area contributed by atoms with Gasteiger partial charge in [-0.05, 0) is 19.3 Å². The predicted molar refractivity (Wildman–Crippen MR) is 60.6 cm³/mol. The Morgan fingerprint density at radius 2 is 2.12 bits per heavy atom. The first-order valence-electron chi connectivity index (χ1n) is 5.66. The summed E-state index contributed by atoms with van der Waals surface area (Å²) in [5.41, 5.74) is 0. The molecule has 0 aliphatic carbocycles. The standard InChI is InChI=1S/C12H20O4/c1-2-3-10-16-12(15)11(14)8-6-4-5-7-9-13/h11,13-14H,2-5,7,9-10H2,1H3. The van der Waals surface area contributed by atoms with E-state index in [1.165, 1.54) is 0 Å². The molecule has 0 aromatic carbocycles. The number of rotatable bonds is 7. The van der Waals surface area contributed by atoms with Crippen molar-refractivity contribution in [2.24, 2.45) is 0 Å². The second kappa shape index (κ2) is 10.5. The zero-order valence-corrected chi connectivity index (χ0v) is 9.74. The molecular weight excluding hydrogens is 208 g/mol. The molecule has 0 saturated heterocycles. The van der Waals surface area contributed by atoms with Crippen molar-refractivity contribution in [3.8, 4) is 11.8 Å². The molecule has 0 aromatic rings. The average molecular weight is 228 g/mol. The topological polar surface area (TPSA) is 66.8 Å². The Labute approximate surface area is 96.6 Å². The minimum absolute atomic E-state index is 0.142. The Hall–Kier alpha value is -1.05. The van der Waals surface area contributed by atoms with Crippen LogP contribution < -0.4 is 0 Å². The van der Waals surface area contributed by atoms with Crippen LogP contribution in [0.15, 0.2) is 0 Å². The third-order valence-electron chi connectivity index (χ3n) is 1.91. The van der Waals surface area contributed by atoms with Gasteiger partial charge in [0.2, 0.25) is 6.10 Å². The summed E-state index contributed by atoms with van der Waals surface area (Å²) < 4.78 is 4.79. The first-order valence-corrected chi connectivity index (χ1v) is 5.66. The van der Waals surface area contributed by atoms with Gasteiger partial charge in [0.25, 0.3) is 0 Å². The highest BCUT2D eigenvalue weighted by Gasteiger charge is 2.12. The number of carbonyl (C=O) groups excluding carboxylic acids is 1. The smallest absolute Gasteiger partial charge is 0.347 e. The van der Waals surface area contributed by atoms with Crippen molar-refractivity contribution in [2.45, 2.75) is 45.1 Å². The van der Waals surface area contributed by atoms with E-state index in [4.69, 9.17) is 9.84 Å². The zero-order valence-electron chi connectivity index (χ0n) is 9.74. The van der Waals surface area contributed by atoms with E-state index in [1.54, 1.807) is 0 Å². The Kier molecular flexibility index (Phi) is 9.78. The number of esters is 1. The summed E-state index contributed by atoms with van der Waals surface area (Å²) >= 11 is 0. The molecule has 0 fully saturated rings. The van der Waals surface area contributed by atoms with Crippen molar-refractivity contribution in [1.29, 1.82) is 0 Å². The second-order valence-electron chi connectivity index (χ2n) is 3.43. The van der Waals surface area contributed by atoms with Gasteiger partial charge in [-0.3, -0.25) is 0 Å². The number of hydrogen-bond donors (Lipinski definition) is 2. The second-order valence-corrected chi connectivity index (χ2v) is 3.43. The molecule has 0 saturated carbocycles. The van der Waals surface area contributed by atoms with Gasteiger partial charge in [-0.2, -0.15) is 0 Å². The minimum atomic E-state index is -1.34. The van der Waals surface area contributed by atoms with Crippen molar-refractivity contribution >= 4 is 5.97 Å².